The zero-order chi connectivity index (χ0) is 17.1. The van der Waals surface area contributed by atoms with E-state index in [1.165, 1.54) is 11.8 Å². The van der Waals surface area contributed by atoms with Crippen molar-refractivity contribution in [1.29, 1.82) is 0 Å². The van der Waals surface area contributed by atoms with Crippen LogP contribution in [0.5, 0.6) is 0 Å². The van der Waals surface area contributed by atoms with Crippen molar-refractivity contribution in [3.8, 4) is 0 Å². The van der Waals surface area contributed by atoms with Gasteiger partial charge in [0.25, 0.3) is 0 Å². The number of amides is 1. The van der Waals surface area contributed by atoms with Gasteiger partial charge in [0.05, 0.1) is 23.5 Å². The predicted molar refractivity (Wildman–Crippen MR) is 93.1 cm³/mol. The smallest absolute Gasteiger partial charge is 0.247 e. The molecule has 0 aliphatic rings. The molecule has 0 atom stereocenters. The molecule has 0 saturated carbocycles. The van der Waals surface area contributed by atoms with Gasteiger partial charge in [0.2, 0.25) is 5.91 Å². The second kappa shape index (κ2) is 6.88. The summed E-state index contributed by atoms with van der Waals surface area (Å²) >= 11 is 5.93. The number of carbonyl (C=O) groups is 1. The number of benzene rings is 1. The molecular formula is C17H18ClN5O. The molecule has 0 aliphatic carbocycles. The standard InChI is InChI=1S/C17H18ClN5O/c1-12-4-3-5-14(8-12)10-22-7-6-16(21-22)20-17(24)11-23-13(2)15(18)9-19-23/h3-9H,10-11H2,1-2H3,(H,20,21,24). The molecule has 7 heteroatoms. The Hall–Kier alpha value is -2.60. The highest BCUT2D eigenvalue weighted by Crippen LogP contribution is 2.13. The lowest BCUT2D eigenvalue weighted by atomic mass is 10.1. The second-order valence-electron chi connectivity index (χ2n) is 5.67. The molecule has 0 saturated heterocycles. The first-order chi connectivity index (χ1) is 11.5. The Labute approximate surface area is 145 Å². The van der Waals surface area contributed by atoms with Gasteiger partial charge in [-0.15, -0.1) is 0 Å². The molecule has 3 rings (SSSR count). The van der Waals surface area contributed by atoms with E-state index >= 15 is 0 Å². The molecule has 124 valence electrons. The van der Waals surface area contributed by atoms with Crippen LogP contribution < -0.4 is 5.32 Å². The summed E-state index contributed by atoms with van der Waals surface area (Å²) in [5, 5.41) is 11.8. The Kier molecular flexibility index (Phi) is 4.66. The number of nitrogens with zero attached hydrogens (tertiary/aromatic N) is 4. The quantitative estimate of drug-likeness (QED) is 0.774. The van der Waals surface area contributed by atoms with Gasteiger partial charge in [-0.3, -0.25) is 14.2 Å². The highest BCUT2D eigenvalue weighted by atomic mass is 35.5. The highest BCUT2D eigenvalue weighted by Gasteiger charge is 2.10. The van der Waals surface area contributed by atoms with Gasteiger partial charge in [0, 0.05) is 12.3 Å². The van der Waals surface area contributed by atoms with Gasteiger partial charge in [0.1, 0.15) is 6.54 Å². The average Bonchev–Trinajstić information content (AvgIpc) is 3.09. The summed E-state index contributed by atoms with van der Waals surface area (Å²) in [5.74, 6) is 0.322. The van der Waals surface area contributed by atoms with E-state index < -0.39 is 0 Å². The van der Waals surface area contributed by atoms with E-state index in [0.29, 0.717) is 17.4 Å². The van der Waals surface area contributed by atoms with Gasteiger partial charge in [-0.2, -0.15) is 10.2 Å². The lowest BCUT2D eigenvalue weighted by Crippen LogP contribution is -2.20. The van der Waals surface area contributed by atoms with Gasteiger partial charge in [-0.25, -0.2) is 0 Å². The molecule has 2 aromatic heterocycles. The van der Waals surface area contributed by atoms with Crippen LogP contribution in [0.1, 0.15) is 16.8 Å². The molecule has 0 unspecified atom stereocenters. The van der Waals surface area contributed by atoms with Crippen molar-refractivity contribution in [2.75, 3.05) is 5.32 Å². The van der Waals surface area contributed by atoms with Gasteiger partial charge >= 0.3 is 0 Å². The molecule has 0 radical (unpaired) electrons. The summed E-state index contributed by atoms with van der Waals surface area (Å²) < 4.78 is 3.35. The molecule has 1 N–H and O–H groups in total. The lowest BCUT2D eigenvalue weighted by Gasteiger charge is -2.05. The first kappa shape index (κ1) is 16.3. The van der Waals surface area contributed by atoms with E-state index in [1.54, 1.807) is 15.4 Å². The summed E-state index contributed by atoms with van der Waals surface area (Å²) in [4.78, 5) is 12.1. The summed E-state index contributed by atoms with van der Waals surface area (Å²) in [6, 6.07) is 10.0. The number of hydrogen-bond donors (Lipinski definition) is 1. The molecule has 3 aromatic rings. The SMILES string of the molecule is Cc1cccc(Cn2ccc(NC(=O)Cn3ncc(Cl)c3C)n2)c1. The predicted octanol–water partition coefficient (Wildman–Crippen LogP) is 3.04. The normalized spacial score (nSPS) is 10.8. The summed E-state index contributed by atoms with van der Waals surface area (Å²) in [6.45, 7) is 4.63. The van der Waals surface area contributed by atoms with Crippen LogP contribution in [-0.2, 0) is 17.9 Å². The van der Waals surface area contributed by atoms with Crippen molar-refractivity contribution >= 4 is 23.3 Å². The number of hydrogen-bond acceptors (Lipinski definition) is 3. The third-order valence-electron chi connectivity index (χ3n) is 3.67. The molecule has 1 aromatic carbocycles. The van der Waals surface area contributed by atoms with Crippen molar-refractivity contribution in [1.82, 2.24) is 19.6 Å². The summed E-state index contributed by atoms with van der Waals surface area (Å²) in [7, 11) is 0. The van der Waals surface area contributed by atoms with Crippen molar-refractivity contribution in [2.24, 2.45) is 0 Å². The molecular weight excluding hydrogens is 326 g/mol. The average molecular weight is 344 g/mol. The Balaban J connectivity index is 1.61. The number of anilines is 1. The number of aryl methyl sites for hydroxylation is 1. The van der Waals surface area contributed by atoms with Crippen LogP contribution in [0.2, 0.25) is 5.02 Å². The number of nitrogens with one attached hydrogen (secondary N) is 1. The van der Waals surface area contributed by atoms with E-state index in [0.717, 1.165) is 11.3 Å². The first-order valence-corrected chi connectivity index (χ1v) is 7.96. The molecule has 0 bridgehead atoms. The minimum atomic E-state index is -0.196. The molecule has 0 aliphatic heterocycles. The maximum absolute atomic E-state index is 12.1. The molecule has 1 amide bonds. The van der Waals surface area contributed by atoms with Gasteiger partial charge < -0.3 is 5.32 Å². The van der Waals surface area contributed by atoms with Crippen LogP contribution in [0.15, 0.2) is 42.7 Å². The summed E-state index contributed by atoms with van der Waals surface area (Å²) in [5.41, 5.74) is 3.14. The maximum atomic E-state index is 12.1. The van der Waals surface area contributed by atoms with Crippen LogP contribution in [0.3, 0.4) is 0 Å². The van der Waals surface area contributed by atoms with E-state index in [2.05, 4.69) is 40.6 Å². The lowest BCUT2D eigenvalue weighted by molar-refractivity contribution is -0.117. The molecule has 6 nitrogen and oxygen atoms in total. The zero-order valence-electron chi connectivity index (χ0n) is 13.5. The van der Waals surface area contributed by atoms with E-state index in [1.807, 2.05) is 19.2 Å². The Bertz CT molecular complexity index is 868. The third-order valence-corrected chi connectivity index (χ3v) is 4.04. The number of carbonyl (C=O) groups excluding carboxylic acids is 1. The molecule has 0 spiro atoms. The first-order valence-electron chi connectivity index (χ1n) is 7.58. The molecule has 0 fully saturated rings. The Morgan fingerprint density at radius 2 is 2.12 bits per heavy atom. The van der Waals surface area contributed by atoms with Crippen molar-refractivity contribution < 1.29 is 4.79 Å². The number of aromatic nitrogens is 4. The van der Waals surface area contributed by atoms with Crippen LogP contribution in [0.25, 0.3) is 0 Å². The zero-order valence-corrected chi connectivity index (χ0v) is 14.3. The largest absolute Gasteiger partial charge is 0.308 e. The van der Waals surface area contributed by atoms with Crippen molar-refractivity contribution in [3.63, 3.8) is 0 Å². The van der Waals surface area contributed by atoms with Crippen molar-refractivity contribution in [2.45, 2.75) is 26.9 Å². The van der Waals surface area contributed by atoms with Crippen LogP contribution >= 0.6 is 11.6 Å². The van der Waals surface area contributed by atoms with Crippen molar-refractivity contribution in [3.05, 3.63) is 64.6 Å². The van der Waals surface area contributed by atoms with Gasteiger partial charge in [0.15, 0.2) is 5.82 Å². The summed E-state index contributed by atoms with van der Waals surface area (Å²) in [6.07, 6.45) is 3.37. The third kappa shape index (κ3) is 3.83. The number of halogens is 1. The molecule has 24 heavy (non-hydrogen) atoms. The van der Waals surface area contributed by atoms with E-state index in [4.69, 9.17) is 11.6 Å². The minimum absolute atomic E-state index is 0.100. The highest BCUT2D eigenvalue weighted by molar-refractivity contribution is 6.31. The second-order valence-corrected chi connectivity index (χ2v) is 6.08. The maximum Gasteiger partial charge on any atom is 0.247 e. The van der Waals surface area contributed by atoms with Crippen LogP contribution in [0, 0.1) is 13.8 Å². The fourth-order valence-electron chi connectivity index (χ4n) is 2.42. The molecule has 2 heterocycles. The topological polar surface area (TPSA) is 64.7 Å². The van der Waals surface area contributed by atoms with Gasteiger partial charge in [-0.1, -0.05) is 41.4 Å². The van der Waals surface area contributed by atoms with E-state index in [-0.39, 0.29) is 12.5 Å². The number of rotatable bonds is 5. The minimum Gasteiger partial charge on any atom is -0.308 e. The fraction of sp³-hybridized carbons (Fsp3) is 0.235. The van der Waals surface area contributed by atoms with Gasteiger partial charge in [-0.05, 0) is 19.4 Å². The Morgan fingerprint density at radius 3 is 2.83 bits per heavy atom. The fourth-order valence-corrected chi connectivity index (χ4v) is 2.56. The van der Waals surface area contributed by atoms with Crippen LogP contribution in [0.4, 0.5) is 5.82 Å². The monoisotopic (exact) mass is 343 g/mol. The van der Waals surface area contributed by atoms with E-state index in [9.17, 15) is 4.79 Å². The van der Waals surface area contributed by atoms with Crippen LogP contribution in [-0.4, -0.2) is 25.5 Å². The Morgan fingerprint density at radius 1 is 1.29 bits per heavy atom.